The van der Waals surface area contributed by atoms with Crippen molar-refractivity contribution in [2.45, 2.75) is 13.3 Å². The van der Waals surface area contributed by atoms with Gasteiger partial charge in [0, 0.05) is 6.42 Å². The van der Waals surface area contributed by atoms with Gasteiger partial charge in [0.25, 0.3) is 0 Å². The van der Waals surface area contributed by atoms with Gasteiger partial charge in [0.15, 0.2) is 5.78 Å². The van der Waals surface area contributed by atoms with Gasteiger partial charge in [-0.25, -0.2) is 0 Å². The van der Waals surface area contributed by atoms with Crippen molar-refractivity contribution < 1.29 is 9.53 Å². The van der Waals surface area contributed by atoms with Crippen LogP contribution in [0.2, 0.25) is 0 Å². The van der Waals surface area contributed by atoms with Crippen molar-refractivity contribution in [3.8, 4) is 5.75 Å². The summed E-state index contributed by atoms with van der Waals surface area (Å²) in [6.45, 7) is 2.33. The Bertz CT molecular complexity index is 334. The number of hydrogen-bond donors (Lipinski definition) is 1. The standard InChI is InChI=1S/C11H15NO2/c1-8-3-4-9(10(13)5-6-12)11(7-8)14-2/h3-4,7H,5-6,12H2,1-2H3. The lowest BCUT2D eigenvalue weighted by Crippen LogP contribution is -2.09. The highest BCUT2D eigenvalue weighted by Crippen LogP contribution is 2.20. The molecule has 0 spiro atoms. The number of nitrogens with two attached hydrogens (primary N) is 1. The van der Waals surface area contributed by atoms with Crippen LogP contribution in [-0.4, -0.2) is 19.4 Å². The summed E-state index contributed by atoms with van der Waals surface area (Å²) < 4.78 is 5.13. The number of methoxy groups -OCH3 is 1. The topological polar surface area (TPSA) is 52.3 Å². The second-order valence-corrected chi connectivity index (χ2v) is 3.17. The van der Waals surface area contributed by atoms with E-state index in [2.05, 4.69) is 0 Å². The number of Topliss-reactive ketones (excluding diaryl/α,β-unsaturated/α-hetero) is 1. The predicted octanol–water partition coefficient (Wildman–Crippen LogP) is 1.54. The monoisotopic (exact) mass is 193 g/mol. The van der Waals surface area contributed by atoms with Crippen LogP contribution in [0.1, 0.15) is 22.3 Å². The Morgan fingerprint density at radius 1 is 1.50 bits per heavy atom. The molecule has 76 valence electrons. The molecule has 0 heterocycles. The minimum atomic E-state index is 0.0318. The Morgan fingerprint density at radius 3 is 2.79 bits per heavy atom. The maximum absolute atomic E-state index is 11.6. The number of ether oxygens (including phenoxy) is 1. The Hall–Kier alpha value is -1.35. The SMILES string of the molecule is COc1cc(C)ccc1C(=O)CCN. The van der Waals surface area contributed by atoms with Gasteiger partial charge in [0.2, 0.25) is 0 Å². The molecule has 0 fully saturated rings. The van der Waals surface area contributed by atoms with Crippen molar-refractivity contribution in [1.29, 1.82) is 0 Å². The van der Waals surface area contributed by atoms with E-state index in [1.807, 2.05) is 19.1 Å². The zero-order valence-electron chi connectivity index (χ0n) is 8.54. The normalized spacial score (nSPS) is 9.93. The van der Waals surface area contributed by atoms with E-state index < -0.39 is 0 Å². The third kappa shape index (κ3) is 2.33. The van der Waals surface area contributed by atoms with Crippen molar-refractivity contribution in [1.82, 2.24) is 0 Å². The fraction of sp³-hybridized carbons (Fsp3) is 0.364. The number of rotatable bonds is 4. The maximum Gasteiger partial charge on any atom is 0.167 e. The average Bonchev–Trinajstić information content (AvgIpc) is 2.17. The van der Waals surface area contributed by atoms with Crippen molar-refractivity contribution in [2.24, 2.45) is 5.73 Å². The molecule has 0 bridgehead atoms. The largest absolute Gasteiger partial charge is 0.496 e. The van der Waals surface area contributed by atoms with Crippen LogP contribution in [0.3, 0.4) is 0 Å². The molecular weight excluding hydrogens is 178 g/mol. The summed E-state index contributed by atoms with van der Waals surface area (Å²) in [7, 11) is 1.56. The molecule has 2 N–H and O–H groups in total. The van der Waals surface area contributed by atoms with Crippen molar-refractivity contribution in [2.75, 3.05) is 13.7 Å². The summed E-state index contributed by atoms with van der Waals surface area (Å²) in [6, 6.07) is 5.53. The fourth-order valence-electron chi connectivity index (χ4n) is 1.29. The van der Waals surface area contributed by atoms with E-state index in [0.29, 0.717) is 24.3 Å². The maximum atomic E-state index is 11.6. The fourth-order valence-corrected chi connectivity index (χ4v) is 1.29. The van der Waals surface area contributed by atoms with Gasteiger partial charge in [-0.1, -0.05) is 6.07 Å². The molecule has 0 aliphatic carbocycles. The third-order valence-electron chi connectivity index (χ3n) is 2.03. The summed E-state index contributed by atoms with van der Waals surface area (Å²) in [4.78, 5) is 11.6. The summed E-state index contributed by atoms with van der Waals surface area (Å²) in [6.07, 6.45) is 0.361. The number of ketones is 1. The summed E-state index contributed by atoms with van der Waals surface area (Å²) >= 11 is 0. The quantitative estimate of drug-likeness (QED) is 0.738. The van der Waals surface area contributed by atoms with Gasteiger partial charge in [-0.2, -0.15) is 0 Å². The summed E-state index contributed by atoms with van der Waals surface area (Å²) in [5, 5.41) is 0. The zero-order valence-corrected chi connectivity index (χ0v) is 8.54. The lowest BCUT2D eigenvalue weighted by Gasteiger charge is -2.07. The van der Waals surface area contributed by atoms with E-state index in [9.17, 15) is 4.79 Å². The predicted molar refractivity (Wildman–Crippen MR) is 55.7 cm³/mol. The van der Waals surface area contributed by atoms with Crippen LogP contribution in [-0.2, 0) is 0 Å². The highest BCUT2D eigenvalue weighted by Gasteiger charge is 2.10. The first-order valence-electron chi connectivity index (χ1n) is 4.57. The molecule has 0 aliphatic rings. The van der Waals surface area contributed by atoms with Gasteiger partial charge in [-0.05, 0) is 31.2 Å². The molecule has 1 aromatic rings. The molecule has 0 aromatic heterocycles. The molecule has 0 saturated heterocycles. The molecule has 3 nitrogen and oxygen atoms in total. The van der Waals surface area contributed by atoms with Crippen LogP contribution in [0.5, 0.6) is 5.75 Å². The van der Waals surface area contributed by atoms with Crippen LogP contribution in [0.25, 0.3) is 0 Å². The Morgan fingerprint density at radius 2 is 2.21 bits per heavy atom. The smallest absolute Gasteiger partial charge is 0.167 e. The summed E-state index contributed by atoms with van der Waals surface area (Å²) in [5.74, 6) is 0.660. The van der Waals surface area contributed by atoms with E-state index >= 15 is 0 Å². The molecule has 0 atom stereocenters. The average molecular weight is 193 g/mol. The second kappa shape index (κ2) is 4.77. The molecule has 1 rings (SSSR count). The molecular formula is C11H15NO2. The highest BCUT2D eigenvalue weighted by molar-refractivity contribution is 5.98. The first-order valence-corrected chi connectivity index (χ1v) is 4.57. The van der Waals surface area contributed by atoms with Crippen LogP contribution in [0, 0.1) is 6.92 Å². The minimum Gasteiger partial charge on any atom is -0.496 e. The first-order chi connectivity index (χ1) is 6.69. The Balaban J connectivity index is 3.01. The van der Waals surface area contributed by atoms with Gasteiger partial charge in [-0.15, -0.1) is 0 Å². The second-order valence-electron chi connectivity index (χ2n) is 3.17. The number of benzene rings is 1. The van der Waals surface area contributed by atoms with Crippen LogP contribution >= 0.6 is 0 Å². The molecule has 0 amide bonds. The van der Waals surface area contributed by atoms with Gasteiger partial charge >= 0.3 is 0 Å². The third-order valence-corrected chi connectivity index (χ3v) is 2.03. The van der Waals surface area contributed by atoms with E-state index in [4.69, 9.17) is 10.5 Å². The van der Waals surface area contributed by atoms with Gasteiger partial charge in [0.1, 0.15) is 5.75 Å². The van der Waals surface area contributed by atoms with E-state index in [-0.39, 0.29) is 5.78 Å². The van der Waals surface area contributed by atoms with Gasteiger partial charge < -0.3 is 10.5 Å². The molecule has 0 saturated carbocycles. The molecule has 0 unspecified atom stereocenters. The van der Waals surface area contributed by atoms with Crippen molar-refractivity contribution >= 4 is 5.78 Å². The van der Waals surface area contributed by atoms with Gasteiger partial charge in [-0.3, -0.25) is 4.79 Å². The minimum absolute atomic E-state index is 0.0318. The van der Waals surface area contributed by atoms with Gasteiger partial charge in [0.05, 0.1) is 12.7 Å². The van der Waals surface area contributed by atoms with E-state index in [1.165, 1.54) is 0 Å². The Kier molecular flexibility index (Phi) is 3.65. The van der Waals surface area contributed by atoms with Crippen LogP contribution in [0.15, 0.2) is 18.2 Å². The number of aryl methyl sites for hydroxylation is 1. The number of hydrogen-bond acceptors (Lipinski definition) is 3. The molecule has 0 aliphatic heterocycles. The van der Waals surface area contributed by atoms with Crippen molar-refractivity contribution in [3.63, 3.8) is 0 Å². The van der Waals surface area contributed by atoms with E-state index in [1.54, 1.807) is 13.2 Å². The zero-order chi connectivity index (χ0) is 10.6. The molecule has 0 radical (unpaired) electrons. The van der Waals surface area contributed by atoms with Crippen LogP contribution in [0.4, 0.5) is 0 Å². The molecule has 3 heteroatoms. The lowest BCUT2D eigenvalue weighted by atomic mass is 10.1. The van der Waals surface area contributed by atoms with Crippen LogP contribution < -0.4 is 10.5 Å². The lowest BCUT2D eigenvalue weighted by molar-refractivity contribution is 0.0982. The number of carbonyl (C=O) groups excluding carboxylic acids is 1. The Labute approximate surface area is 83.9 Å². The molecule has 1 aromatic carbocycles. The highest BCUT2D eigenvalue weighted by atomic mass is 16.5. The summed E-state index contributed by atoms with van der Waals surface area (Å²) in [5.41, 5.74) is 7.02. The number of carbonyl (C=O) groups is 1. The van der Waals surface area contributed by atoms with E-state index in [0.717, 1.165) is 5.56 Å². The first kappa shape index (κ1) is 10.7. The van der Waals surface area contributed by atoms with Crippen molar-refractivity contribution in [3.05, 3.63) is 29.3 Å². The molecule has 14 heavy (non-hydrogen) atoms.